The van der Waals surface area contributed by atoms with Gasteiger partial charge in [0.1, 0.15) is 23.2 Å². The molecular formula is C22H19ClN2O3. The van der Waals surface area contributed by atoms with Gasteiger partial charge in [-0.2, -0.15) is 5.26 Å². The monoisotopic (exact) mass is 394 g/mol. The van der Waals surface area contributed by atoms with Gasteiger partial charge in [-0.1, -0.05) is 30.7 Å². The van der Waals surface area contributed by atoms with Crippen LogP contribution in [0, 0.1) is 18.3 Å². The van der Waals surface area contributed by atoms with Gasteiger partial charge < -0.3 is 4.42 Å². The molecule has 0 N–H and O–H groups in total. The summed E-state index contributed by atoms with van der Waals surface area (Å²) >= 11 is 6.18. The Labute approximate surface area is 168 Å². The number of halogens is 1. The maximum atomic E-state index is 12.8. The largest absolute Gasteiger partial charge is 0.457 e. The second kappa shape index (κ2) is 7.87. The van der Waals surface area contributed by atoms with E-state index in [2.05, 4.69) is 0 Å². The van der Waals surface area contributed by atoms with Crippen LogP contribution in [0.2, 0.25) is 5.02 Å². The summed E-state index contributed by atoms with van der Waals surface area (Å²) in [5.41, 5.74) is 2.39. The van der Waals surface area contributed by atoms with E-state index in [0.29, 0.717) is 28.5 Å². The van der Waals surface area contributed by atoms with Crippen molar-refractivity contribution in [3.8, 4) is 17.4 Å². The van der Waals surface area contributed by atoms with Crippen LogP contribution < -0.4 is 0 Å². The highest BCUT2D eigenvalue weighted by Crippen LogP contribution is 2.32. The van der Waals surface area contributed by atoms with Gasteiger partial charge in [-0.3, -0.25) is 14.5 Å². The summed E-state index contributed by atoms with van der Waals surface area (Å²) < 4.78 is 5.90. The molecule has 0 saturated carbocycles. The Morgan fingerprint density at radius 1 is 1.18 bits per heavy atom. The van der Waals surface area contributed by atoms with E-state index in [0.717, 1.165) is 16.0 Å². The van der Waals surface area contributed by atoms with Crippen molar-refractivity contribution in [3.05, 3.63) is 63.4 Å². The van der Waals surface area contributed by atoms with Gasteiger partial charge in [-0.15, -0.1) is 0 Å². The molecule has 0 fully saturated rings. The van der Waals surface area contributed by atoms with Crippen LogP contribution in [0.15, 0.2) is 51.5 Å². The summed E-state index contributed by atoms with van der Waals surface area (Å²) in [4.78, 5) is 26.3. The second-order valence-electron chi connectivity index (χ2n) is 6.55. The van der Waals surface area contributed by atoms with Gasteiger partial charge in [-0.05, 0) is 55.7 Å². The number of rotatable bonds is 4. The van der Waals surface area contributed by atoms with Crippen LogP contribution in [-0.4, -0.2) is 23.3 Å². The first-order valence-corrected chi connectivity index (χ1v) is 9.31. The first kappa shape index (κ1) is 19.7. The first-order valence-electron chi connectivity index (χ1n) is 8.93. The molecule has 2 aromatic rings. The number of carbonyl (C=O) groups is 2. The third-order valence-electron chi connectivity index (χ3n) is 4.72. The molecule has 2 amide bonds. The van der Waals surface area contributed by atoms with Gasteiger partial charge in [0.05, 0.1) is 0 Å². The predicted octanol–water partition coefficient (Wildman–Crippen LogP) is 4.91. The van der Waals surface area contributed by atoms with Crippen LogP contribution in [0.5, 0.6) is 0 Å². The number of nitriles is 1. The fourth-order valence-corrected chi connectivity index (χ4v) is 3.32. The maximum absolute atomic E-state index is 12.8. The zero-order chi connectivity index (χ0) is 20.4. The molecule has 142 valence electrons. The molecule has 6 heteroatoms. The average molecular weight is 395 g/mol. The van der Waals surface area contributed by atoms with Crippen molar-refractivity contribution >= 4 is 29.5 Å². The standard InChI is InChI=1S/C22H19ClN2O3/c1-4-10-25-21(26)17(13(2)18(12-24)22(25)27)11-15-8-9-20(28-15)16-6-5-7-19(23)14(16)3/h5-9,11H,4,10H2,1-3H3/b17-11+. The molecular weight excluding hydrogens is 376 g/mol. The van der Waals surface area contributed by atoms with E-state index in [-0.39, 0.29) is 17.7 Å². The normalized spacial score (nSPS) is 16.1. The topological polar surface area (TPSA) is 74.3 Å². The van der Waals surface area contributed by atoms with Gasteiger partial charge in [0.2, 0.25) is 0 Å². The predicted molar refractivity (Wildman–Crippen MR) is 107 cm³/mol. The van der Waals surface area contributed by atoms with E-state index in [1.54, 1.807) is 25.1 Å². The zero-order valence-corrected chi connectivity index (χ0v) is 16.6. The number of amides is 2. The Kier molecular flexibility index (Phi) is 5.53. The summed E-state index contributed by atoms with van der Waals surface area (Å²) in [5.74, 6) is 0.123. The lowest BCUT2D eigenvalue weighted by molar-refractivity contribution is -0.140. The molecule has 1 aromatic heterocycles. The molecule has 1 aliphatic rings. The maximum Gasteiger partial charge on any atom is 0.271 e. The van der Waals surface area contributed by atoms with Crippen molar-refractivity contribution in [2.45, 2.75) is 27.2 Å². The van der Waals surface area contributed by atoms with E-state index in [4.69, 9.17) is 16.0 Å². The molecule has 2 heterocycles. The fraction of sp³-hybridized carbons (Fsp3) is 0.227. The highest BCUT2D eigenvalue weighted by atomic mass is 35.5. The highest BCUT2D eigenvalue weighted by molar-refractivity contribution is 6.31. The minimum atomic E-state index is -0.543. The van der Waals surface area contributed by atoms with Crippen molar-refractivity contribution in [1.29, 1.82) is 5.26 Å². The molecule has 3 rings (SSSR count). The number of hydrogen-bond acceptors (Lipinski definition) is 4. The van der Waals surface area contributed by atoms with Gasteiger partial charge in [0, 0.05) is 22.7 Å². The van der Waals surface area contributed by atoms with Gasteiger partial charge in [0.15, 0.2) is 0 Å². The summed E-state index contributed by atoms with van der Waals surface area (Å²) in [7, 11) is 0. The van der Waals surface area contributed by atoms with Crippen molar-refractivity contribution in [2.24, 2.45) is 0 Å². The van der Waals surface area contributed by atoms with Crippen molar-refractivity contribution < 1.29 is 14.0 Å². The smallest absolute Gasteiger partial charge is 0.271 e. The van der Waals surface area contributed by atoms with E-state index in [1.165, 1.54) is 0 Å². The third kappa shape index (κ3) is 3.39. The number of furan rings is 1. The van der Waals surface area contributed by atoms with E-state index < -0.39 is 11.8 Å². The Morgan fingerprint density at radius 3 is 2.61 bits per heavy atom. The van der Waals surface area contributed by atoms with Crippen LogP contribution in [-0.2, 0) is 9.59 Å². The van der Waals surface area contributed by atoms with Crippen LogP contribution >= 0.6 is 11.6 Å². The molecule has 0 spiro atoms. The second-order valence-corrected chi connectivity index (χ2v) is 6.95. The molecule has 0 unspecified atom stereocenters. The van der Waals surface area contributed by atoms with E-state index in [1.807, 2.05) is 38.1 Å². The summed E-state index contributed by atoms with van der Waals surface area (Å²) in [5, 5.41) is 10.0. The van der Waals surface area contributed by atoms with Gasteiger partial charge >= 0.3 is 0 Å². The summed E-state index contributed by atoms with van der Waals surface area (Å²) in [6.45, 7) is 5.64. The number of hydrogen-bond donors (Lipinski definition) is 0. The lowest BCUT2D eigenvalue weighted by Gasteiger charge is -2.26. The SMILES string of the molecule is CCCN1C(=O)C(C#N)=C(C)/C(=C\c2ccc(-c3cccc(Cl)c3C)o2)C1=O. The molecule has 0 aliphatic carbocycles. The van der Waals surface area contributed by atoms with Crippen molar-refractivity contribution in [2.75, 3.05) is 6.54 Å². The van der Waals surface area contributed by atoms with Gasteiger partial charge in [0.25, 0.3) is 11.8 Å². The molecule has 5 nitrogen and oxygen atoms in total. The number of imide groups is 1. The summed E-state index contributed by atoms with van der Waals surface area (Å²) in [6.07, 6.45) is 2.19. The Bertz CT molecular complexity index is 1070. The molecule has 0 atom stereocenters. The lowest BCUT2D eigenvalue weighted by atomic mass is 9.94. The van der Waals surface area contributed by atoms with Crippen LogP contribution in [0.25, 0.3) is 17.4 Å². The minimum Gasteiger partial charge on any atom is -0.457 e. The molecule has 1 aromatic carbocycles. The number of nitrogens with zero attached hydrogens (tertiary/aromatic N) is 2. The van der Waals surface area contributed by atoms with E-state index in [9.17, 15) is 14.9 Å². The average Bonchev–Trinajstić information content (AvgIpc) is 3.13. The Morgan fingerprint density at radius 2 is 1.93 bits per heavy atom. The first-order chi connectivity index (χ1) is 13.4. The van der Waals surface area contributed by atoms with Crippen LogP contribution in [0.1, 0.15) is 31.6 Å². The molecule has 28 heavy (non-hydrogen) atoms. The van der Waals surface area contributed by atoms with Crippen molar-refractivity contribution in [3.63, 3.8) is 0 Å². The van der Waals surface area contributed by atoms with Crippen molar-refractivity contribution in [1.82, 2.24) is 4.90 Å². The molecule has 0 saturated heterocycles. The Balaban J connectivity index is 2.05. The quantitative estimate of drug-likeness (QED) is 0.545. The van der Waals surface area contributed by atoms with Gasteiger partial charge in [-0.25, -0.2) is 0 Å². The van der Waals surface area contributed by atoms with E-state index >= 15 is 0 Å². The highest BCUT2D eigenvalue weighted by Gasteiger charge is 2.35. The Hall–Kier alpha value is -3.10. The van der Waals surface area contributed by atoms with Crippen LogP contribution in [0.4, 0.5) is 0 Å². The third-order valence-corrected chi connectivity index (χ3v) is 5.13. The fourth-order valence-electron chi connectivity index (χ4n) is 3.15. The molecule has 0 bridgehead atoms. The molecule has 1 aliphatic heterocycles. The number of carbonyl (C=O) groups excluding carboxylic acids is 2. The molecule has 0 radical (unpaired) electrons. The van der Waals surface area contributed by atoms with Crippen LogP contribution in [0.3, 0.4) is 0 Å². The lowest BCUT2D eigenvalue weighted by Crippen LogP contribution is -2.43. The zero-order valence-electron chi connectivity index (χ0n) is 15.9. The minimum absolute atomic E-state index is 0.0169. The summed E-state index contributed by atoms with van der Waals surface area (Å²) in [6, 6.07) is 11.0. The number of benzene rings is 1.